The van der Waals surface area contributed by atoms with E-state index in [0.717, 1.165) is 17.2 Å². The summed E-state index contributed by atoms with van der Waals surface area (Å²) in [5, 5.41) is 8.89. The maximum absolute atomic E-state index is 14.4. The van der Waals surface area contributed by atoms with E-state index in [1.54, 1.807) is 29.9 Å². The Kier molecular flexibility index (Phi) is 4.29. The van der Waals surface area contributed by atoms with Crippen molar-refractivity contribution in [3.8, 4) is 0 Å². The molecule has 0 bridgehead atoms. The summed E-state index contributed by atoms with van der Waals surface area (Å²) in [6.45, 7) is 0.390. The molecule has 1 amide bonds. The van der Waals surface area contributed by atoms with E-state index >= 15 is 0 Å². The van der Waals surface area contributed by atoms with Gasteiger partial charge in [-0.2, -0.15) is 0 Å². The lowest BCUT2D eigenvalue weighted by Gasteiger charge is -2.09. The van der Waals surface area contributed by atoms with Crippen LogP contribution in [0.1, 0.15) is 11.1 Å². The summed E-state index contributed by atoms with van der Waals surface area (Å²) in [4.78, 5) is 15.5. The molecule has 0 atom stereocenters. The molecule has 2 aromatic heterocycles. The number of hydrogen-bond acceptors (Lipinski definition) is 3. The number of fused-ring (bicyclic) bond motifs is 3. The summed E-state index contributed by atoms with van der Waals surface area (Å²) in [6, 6.07) is 13.0. The third-order valence-electron chi connectivity index (χ3n) is 4.49. The fraction of sp³-hybridized carbons (Fsp3) is 0.100. The van der Waals surface area contributed by atoms with Gasteiger partial charge >= 0.3 is 0 Å². The first-order valence-corrected chi connectivity index (χ1v) is 8.29. The van der Waals surface area contributed by atoms with E-state index in [1.807, 2.05) is 22.8 Å². The number of carbonyl (C=O) groups excluding carboxylic acids is 1. The lowest BCUT2D eigenvalue weighted by Crippen LogP contribution is -2.20. The van der Waals surface area contributed by atoms with Crippen molar-refractivity contribution in [3.05, 3.63) is 77.5 Å². The lowest BCUT2D eigenvalue weighted by molar-refractivity contribution is -0.128. The average molecular weight is 367 g/mol. The van der Waals surface area contributed by atoms with Gasteiger partial charge in [-0.15, -0.1) is 0 Å². The highest BCUT2D eigenvalue weighted by molar-refractivity contribution is 6.06. The molecule has 2 aromatic carbocycles. The molecule has 0 saturated carbocycles. The van der Waals surface area contributed by atoms with Crippen LogP contribution in [0.25, 0.3) is 21.9 Å². The molecular weight excluding hydrogens is 352 g/mol. The van der Waals surface area contributed by atoms with E-state index in [-0.39, 0.29) is 6.42 Å². The third-order valence-corrected chi connectivity index (χ3v) is 4.49. The fourth-order valence-electron chi connectivity index (χ4n) is 3.28. The zero-order valence-electron chi connectivity index (χ0n) is 14.1. The van der Waals surface area contributed by atoms with Crippen LogP contribution in [0.4, 0.5) is 8.78 Å². The van der Waals surface area contributed by atoms with Gasteiger partial charge in [0.05, 0.1) is 28.4 Å². The minimum Gasteiger partial charge on any atom is -0.334 e. The summed E-state index contributed by atoms with van der Waals surface area (Å²) < 4.78 is 30.0. The molecule has 0 aliphatic rings. The molecule has 0 aliphatic heterocycles. The number of aromatic nitrogens is 2. The minimum absolute atomic E-state index is 0.0620. The Labute approximate surface area is 152 Å². The van der Waals surface area contributed by atoms with Gasteiger partial charge in [0.1, 0.15) is 11.6 Å². The normalized spacial score (nSPS) is 11.2. The smallest absolute Gasteiger partial charge is 0.247 e. The van der Waals surface area contributed by atoms with Crippen molar-refractivity contribution in [2.24, 2.45) is 0 Å². The van der Waals surface area contributed by atoms with Crippen molar-refractivity contribution in [2.75, 3.05) is 0 Å². The molecule has 7 heteroatoms. The number of halogens is 2. The highest BCUT2D eigenvalue weighted by Crippen LogP contribution is 2.31. The van der Waals surface area contributed by atoms with Crippen molar-refractivity contribution >= 4 is 27.8 Å². The van der Waals surface area contributed by atoms with Gasteiger partial charge in [0.15, 0.2) is 0 Å². The van der Waals surface area contributed by atoms with Crippen molar-refractivity contribution in [2.45, 2.75) is 13.0 Å². The molecule has 5 nitrogen and oxygen atoms in total. The summed E-state index contributed by atoms with van der Waals surface area (Å²) in [5.41, 5.74) is 4.87. The first-order valence-electron chi connectivity index (χ1n) is 8.29. The van der Waals surface area contributed by atoms with Crippen molar-refractivity contribution < 1.29 is 18.8 Å². The Balaban J connectivity index is 1.78. The van der Waals surface area contributed by atoms with E-state index in [0.29, 0.717) is 28.5 Å². The molecular formula is C20H15F2N3O2. The van der Waals surface area contributed by atoms with Crippen LogP contribution in [0.5, 0.6) is 0 Å². The first kappa shape index (κ1) is 17.1. The van der Waals surface area contributed by atoms with E-state index in [4.69, 9.17) is 5.21 Å². The van der Waals surface area contributed by atoms with Gasteiger partial charge < -0.3 is 4.57 Å². The Morgan fingerprint density at radius 1 is 1.07 bits per heavy atom. The Hall–Kier alpha value is -3.32. The highest BCUT2D eigenvalue weighted by atomic mass is 19.1. The summed E-state index contributed by atoms with van der Waals surface area (Å²) in [7, 11) is 0. The van der Waals surface area contributed by atoms with Crippen LogP contribution in [0.15, 0.2) is 54.7 Å². The molecule has 4 aromatic rings. The minimum atomic E-state index is -0.644. The first-order chi connectivity index (χ1) is 13.1. The Morgan fingerprint density at radius 2 is 1.81 bits per heavy atom. The molecule has 0 spiro atoms. The molecule has 2 N–H and O–H groups in total. The number of pyridine rings is 1. The van der Waals surface area contributed by atoms with Crippen LogP contribution in [0, 0.1) is 11.6 Å². The highest BCUT2D eigenvalue weighted by Gasteiger charge is 2.16. The molecule has 27 heavy (non-hydrogen) atoms. The van der Waals surface area contributed by atoms with Crippen LogP contribution < -0.4 is 5.48 Å². The maximum atomic E-state index is 14.4. The number of rotatable bonds is 4. The molecule has 0 fully saturated rings. The molecule has 4 rings (SSSR count). The molecule has 2 heterocycles. The molecule has 0 unspecified atom stereocenters. The van der Waals surface area contributed by atoms with Crippen LogP contribution in [0.3, 0.4) is 0 Å². The number of hydrogen-bond donors (Lipinski definition) is 2. The van der Waals surface area contributed by atoms with Crippen LogP contribution in [-0.4, -0.2) is 20.7 Å². The number of benzene rings is 2. The quantitative estimate of drug-likeness (QED) is 0.428. The van der Waals surface area contributed by atoms with Crippen molar-refractivity contribution in [1.29, 1.82) is 0 Å². The van der Waals surface area contributed by atoms with E-state index in [1.165, 1.54) is 6.07 Å². The fourth-order valence-corrected chi connectivity index (χ4v) is 3.28. The van der Waals surface area contributed by atoms with Gasteiger partial charge in [-0.05, 0) is 29.3 Å². The SMILES string of the molecule is O=C(Cc1ccc(Cn2c3cccnc3c3c(F)cc(F)cc32)cc1)NO. The van der Waals surface area contributed by atoms with Gasteiger partial charge in [0.25, 0.3) is 0 Å². The third kappa shape index (κ3) is 3.13. The lowest BCUT2D eigenvalue weighted by atomic mass is 10.1. The average Bonchev–Trinajstić information content (AvgIpc) is 2.97. The second kappa shape index (κ2) is 6.77. The van der Waals surface area contributed by atoms with Gasteiger partial charge in [-0.1, -0.05) is 24.3 Å². The molecule has 136 valence electrons. The van der Waals surface area contributed by atoms with Crippen molar-refractivity contribution in [3.63, 3.8) is 0 Å². The largest absolute Gasteiger partial charge is 0.334 e. The van der Waals surface area contributed by atoms with Gasteiger partial charge in [-0.3, -0.25) is 15.0 Å². The zero-order chi connectivity index (χ0) is 19.0. The Bertz CT molecular complexity index is 1150. The number of amides is 1. The zero-order valence-corrected chi connectivity index (χ0v) is 14.1. The number of hydroxylamine groups is 1. The molecule has 0 aliphatic carbocycles. The molecule has 0 saturated heterocycles. The Morgan fingerprint density at radius 3 is 2.56 bits per heavy atom. The van der Waals surface area contributed by atoms with E-state index in [2.05, 4.69) is 4.98 Å². The van der Waals surface area contributed by atoms with E-state index in [9.17, 15) is 13.6 Å². The van der Waals surface area contributed by atoms with E-state index < -0.39 is 17.5 Å². The number of nitrogens with one attached hydrogen (secondary N) is 1. The second-order valence-corrected chi connectivity index (χ2v) is 6.27. The van der Waals surface area contributed by atoms with Crippen LogP contribution >= 0.6 is 0 Å². The van der Waals surface area contributed by atoms with Gasteiger partial charge in [-0.25, -0.2) is 14.3 Å². The second-order valence-electron chi connectivity index (χ2n) is 6.27. The topological polar surface area (TPSA) is 67.2 Å². The monoisotopic (exact) mass is 367 g/mol. The maximum Gasteiger partial charge on any atom is 0.247 e. The summed E-state index contributed by atoms with van der Waals surface area (Å²) in [5.74, 6) is -1.78. The predicted octanol–water partition coefficient (Wildman–Crippen LogP) is 3.56. The standard InChI is InChI=1S/C20H15F2N3O2/c21-14-9-15(22)19-17(10-14)25(16-2-1-7-23-20(16)19)11-13-5-3-12(4-6-13)8-18(26)24-27/h1-7,9-10,27H,8,11H2,(H,24,26). The molecule has 0 radical (unpaired) electrons. The van der Waals surface area contributed by atoms with Crippen LogP contribution in [0.2, 0.25) is 0 Å². The predicted molar refractivity (Wildman–Crippen MR) is 96.3 cm³/mol. The van der Waals surface area contributed by atoms with Crippen molar-refractivity contribution in [1.82, 2.24) is 15.0 Å². The van der Waals surface area contributed by atoms with Gasteiger partial charge in [0.2, 0.25) is 5.91 Å². The van der Waals surface area contributed by atoms with Gasteiger partial charge in [0, 0.05) is 18.8 Å². The summed E-state index contributed by atoms with van der Waals surface area (Å²) in [6.07, 6.45) is 1.64. The van der Waals surface area contributed by atoms with Crippen LogP contribution in [-0.2, 0) is 17.8 Å². The summed E-state index contributed by atoms with van der Waals surface area (Å²) >= 11 is 0. The number of carbonyl (C=O) groups is 1. The number of nitrogens with zero attached hydrogens (tertiary/aromatic N) is 2.